The predicted octanol–water partition coefficient (Wildman–Crippen LogP) is 3.34. The highest BCUT2D eigenvalue weighted by Crippen LogP contribution is 2.49. The lowest BCUT2D eigenvalue weighted by Gasteiger charge is -2.15. The van der Waals surface area contributed by atoms with Crippen molar-refractivity contribution in [3.63, 3.8) is 0 Å². The Labute approximate surface area is 179 Å². The van der Waals surface area contributed by atoms with E-state index >= 15 is 0 Å². The van der Waals surface area contributed by atoms with Crippen LogP contribution in [0.15, 0.2) is 23.2 Å². The summed E-state index contributed by atoms with van der Waals surface area (Å²) in [5.74, 6) is 2.57. The molecule has 27 heavy (non-hydrogen) atoms. The number of ether oxygens (including phenoxy) is 3. The number of aliphatic imine (C=N–C) groups is 1. The third-order valence-electron chi connectivity index (χ3n) is 5.00. The summed E-state index contributed by atoms with van der Waals surface area (Å²) in [6.45, 7) is 8.67. The Morgan fingerprint density at radius 1 is 1.19 bits per heavy atom. The van der Waals surface area contributed by atoms with Crippen LogP contribution in [0.2, 0.25) is 0 Å². The molecule has 0 atom stereocenters. The first kappa shape index (κ1) is 22.1. The molecule has 3 rings (SSSR count). The molecule has 1 heterocycles. The lowest BCUT2D eigenvalue weighted by atomic mass is 10.0. The molecule has 0 saturated heterocycles. The third kappa shape index (κ3) is 6.71. The number of hydrogen-bond acceptors (Lipinski definition) is 4. The van der Waals surface area contributed by atoms with Crippen molar-refractivity contribution in [2.24, 2.45) is 10.4 Å². The number of guanidine groups is 1. The Bertz CT molecular complexity index is 620. The number of benzene rings is 1. The van der Waals surface area contributed by atoms with Crippen molar-refractivity contribution in [2.45, 2.75) is 39.5 Å². The maximum atomic E-state index is 5.51. The summed E-state index contributed by atoms with van der Waals surface area (Å²) >= 11 is 0. The number of nitrogens with one attached hydrogen (secondary N) is 2. The molecule has 1 aliphatic carbocycles. The number of nitrogens with zero attached hydrogens (tertiary/aromatic N) is 1. The van der Waals surface area contributed by atoms with Crippen LogP contribution in [-0.2, 0) is 11.2 Å². The number of rotatable bonds is 10. The van der Waals surface area contributed by atoms with Gasteiger partial charge in [0.25, 0.3) is 0 Å². The molecule has 0 unspecified atom stereocenters. The van der Waals surface area contributed by atoms with Crippen LogP contribution in [0.5, 0.6) is 11.5 Å². The van der Waals surface area contributed by atoms with Gasteiger partial charge in [-0.1, -0.05) is 6.07 Å². The number of fused-ring (bicyclic) bond motifs is 1. The van der Waals surface area contributed by atoms with Crippen molar-refractivity contribution in [1.82, 2.24) is 10.6 Å². The lowest BCUT2D eigenvalue weighted by Crippen LogP contribution is -2.38. The lowest BCUT2D eigenvalue weighted by molar-refractivity contribution is 0.129. The smallest absolute Gasteiger partial charge is 0.231 e. The molecule has 1 saturated carbocycles. The Morgan fingerprint density at radius 3 is 2.74 bits per heavy atom. The van der Waals surface area contributed by atoms with Gasteiger partial charge in [0.2, 0.25) is 6.79 Å². The molecule has 2 aliphatic rings. The molecule has 7 heteroatoms. The zero-order chi connectivity index (χ0) is 18.2. The van der Waals surface area contributed by atoms with Crippen LogP contribution in [-0.4, -0.2) is 45.6 Å². The molecule has 6 nitrogen and oxygen atoms in total. The van der Waals surface area contributed by atoms with Gasteiger partial charge in [0, 0.05) is 32.8 Å². The van der Waals surface area contributed by atoms with Gasteiger partial charge in [0.1, 0.15) is 0 Å². The van der Waals surface area contributed by atoms with Gasteiger partial charge in [-0.15, -0.1) is 24.0 Å². The standard InChI is InChI=1S/C20H31N3O3.HI/c1-3-21-19(23-14-20(8-9-20)10-12-24-4-2)22-11-7-16-5-6-17-18(13-16)26-15-25-17;/h5-6,13H,3-4,7-12,14-15H2,1-2H3,(H2,21,22,23);1H. The zero-order valence-corrected chi connectivity index (χ0v) is 18.7. The average molecular weight is 489 g/mol. The molecule has 152 valence electrons. The van der Waals surface area contributed by atoms with E-state index in [9.17, 15) is 0 Å². The molecule has 1 aromatic carbocycles. The van der Waals surface area contributed by atoms with Crippen molar-refractivity contribution >= 4 is 29.9 Å². The molecule has 0 radical (unpaired) electrons. The SMILES string of the molecule is CCNC(=NCC1(CCOCC)CC1)NCCc1ccc2c(c1)OCO2.I. The van der Waals surface area contributed by atoms with E-state index in [0.717, 1.165) is 63.1 Å². The van der Waals surface area contributed by atoms with Crippen LogP contribution in [0.3, 0.4) is 0 Å². The van der Waals surface area contributed by atoms with E-state index < -0.39 is 0 Å². The molecule has 2 N–H and O–H groups in total. The number of hydrogen-bond donors (Lipinski definition) is 2. The monoisotopic (exact) mass is 489 g/mol. The maximum absolute atomic E-state index is 5.51. The van der Waals surface area contributed by atoms with E-state index in [1.807, 2.05) is 13.0 Å². The van der Waals surface area contributed by atoms with E-state index in [2.05, 4.69) is 29.7 Å². The largest absolute Gasteiger partial charge is 0.454 e. The second-order valence-electron chi connectivity index (χ2n) is 7.01. The summed E-state index contributed by atoms with van der Waals surface area (Å²) in [6.07, 6.45) is 4.55. The Hall–Kier alpha value is -1.22. The molecular weight excluding hydrogens is 457 g/mol. The first-order valence-corrected chi connectivity index (χ1v) is 9.73. The van der Waals surface area contributed by atoms with Gasteiger partial charge < -0.3 is 24.8 Å². The molecule has 0 amide bonds. The van der Waals surface area contributed by atoms with Crippen molar-refractivity contribution in [1.29, 1.82) is 0 Å². The van der Waals surface area contributed by atoms with Gasteiger partial charge in [-0.05, 0) is 62.6 Å². The summed E-state index contributed by atoms with van der Waals surface area (Å²) in [4.78, 5) is 4.81. The van der Waals surface area contributed by atoms with Crippen molar-refractivity contribution in [3.05, 3.63) is 23.8 Å². The fourth-order valence-electron chi connectivity index (χ4n) is 3.11. The quantitative estimate of drug-likeness (QED) is 0.229. The maximum Gasteiger partial charge on any atom is 0.231 e. The minimum atomic E-state index is 0. The van der Waals surface area contributed by atoms with Gasteiger partial charge in [0.15, 0.2) is 17.5 Å². The Balaban J connectivity index is 0.00000261. The summed E-state index contributed by atoms with van der Waals surface area (Å²) in [5.41, 5.74) is 1.60. The Kier molecular flexibility index (Phi) is 8.95. The summed E-state index contributed by atoms with van der Waals surface area (Å²) in [6, 6.07) is 6.12. The summed E-state index contributed by atoms with van der Waals surface area (Å²) in [5, 5.41) is 6.78. The highest BCUT2D eigenvalue weighted by Gasteiger charge is 2.41. The molecule has 0 aromatic heterocycles. The van der Waals surface area contributed by atoms with Crippen molar-refractivity contribution in [2.75, 3.05) is 39.6 Å². The van der Waals surface area contributed by atoms with Gasteiger partial charge in [-0.2, -0.15) is 0 Å². The molecule has 1 aromatic rings. The average Bonchev–Trinajstić information content (AvgIpc) is 3.26. The van der Waals surface area contributed by atoms with E-state index in [0.29, 0.717) is 12.2 Å². The Morgan fingerprint density at radius 2 is 2.00 bits per heavy atom. The molecule has 1 aliphatic heterocycles. The van der Waals surface area contributed by atoms with Crippen LogP contribution in [0.4, 0.5) is 0 Å². The first-order chi connectivity index (χ1) is 12.7. The fraction of sp³-hybridized carbons (Fsp3) is 0.650. The predicted molar refractivity (Wildman–Crippen MR) is 118 cm³/mol. The van der Waals surface area contributed by atoms with Gasteiger partial charge >= 0.3 is 0 Å². The van der Waals surface area contributed by atoms with E-state index in [1.165, 1.54) is 18.4 Å². The molecule has 1 fully saturated rings. The fourth-order valence-corrected chi connectivity index (χ4v) is 3.11. The third-order valence-corrected chi connectivity index (χ3v) is 5.00. The summed E-state index contributed by atoms with van der Waals surface area (Å²) < 4.78 is 16.3. The normalized spacial score (nSPS) is 16.6. The second-order valence-corrected chi connectivity index (χ2v) is 7.01. The summed E-state index contributed by atoms with van der Waals surface area (Å²) in [7, 11) is 0. The van der Waals surface area contributed by atoms with Crippen molar-refractivity contribution in [3.8, 4) is 11.5 Å². The van der Waals surface area contributed by atoms with Crippen LogP contribution in [0.25, 0.3) is 0 Å². The molecular formula is C20H32IN3O3. The van der Waals surface area contributed by atoms with Gasteiger partial charge in [0.05, 0.1) is 0 Å². The topological polar surface area (TPSA) is 64.1 Å². The van der Waals surface area contributed by atoms with Gasteiger partial charge in [-0.3, -0.25) is 4.99 Å². The van der Waals surface area contributed by atoms with Gasteiger partial charge in [-0.25, -0.2) is 0 Å². The van der Waals surface area contributed by atoms with Crippen LogP contribution < -0.4 is 20.1 Å². The highest BCUT2D eigenvalue weighted by molar-refractivity contribution is 14.0. The van der Waals surface area contributed by atoms with Crippen molar-refractivity contribution < 1.29 is 14.2 Å². The second kappa shape index (κ2) is 10.9. The van der Waals surface area contributed by atoms with E-state index in [1.54, 1.807) is 0 Å². The molecule has 0 bridgehead atoms. The van der Waals surface area contributed by atoms with Crippen LogP contribution in [0.1, 0.15) is 38.7 Å². The van der Waals surface area contributed by atoms with Crippen LogP contribution in [0, 0.1) is 5.41 Å². The highest BCUT2D eigenvalue weighted by atomic mass is 127. The number of halogens is 1. The van der Waals surface area contributed by atoms with Crippen LogP contribution >= 0.6 is 24.0 Å². The first-order valence-electron chi connectivity index (χ1n) is 9.73. The minimum Gasteiger partial charge on any atom is -0.454 e. The van der Waals surface area contributed by atoms with E-state index in [-0.39, 0.29) is 24.0 Å². The molecule has 0 spiro atoms. The minimum absolute atomic E-state index is 0. The zero-order valence-electron chi connectivity index (χ0n) is 16.4. The van der Waals surface area contributed by atoms with E-state index in [4.69, 9.17) is 19.2 Å².